The summed E-state index contributed by atoms with van der Waals surface area (Å²) < 4.78 is 0. The smallest absolute Gasteiger partial charge is 0.226 e. The number of hydrogen-bond donors (Lipinski definition) is 1. The monoisotopic (exact) mass is 275 g/mol. The highest BCUT2D eigenvalue weighted by molar-refractivity contribution is 5.93. The summed E-state index contributed by atoms with van der Waals surface area (Å²) in [6.45, 7) is 5.66. The van der Waals surface area contributed by atoms with Crippen LogP contribution in [0.15, 0.2) is 30.3 Å². The van der Waals surface area contributed by atoms with Crippen molar-refractivity contribution in [3.8, 4) is 0 Å². The van der Waals surface area contributed by atoms with Crippen LogP contribution in [0.5, 0.6) is 0 Å². The largest absolute Gasteiger partial charge is 0.329 e. The third-order valence-electron chi connectivity index (χ3n) is 3.97. The average molecular weight is 275 g/mol. The van der Waals surface area contributed by atoms with Crippen LogP contribution in [0, 0.1) is 0 Å². The molecule has 1 amide bonds. The van der Waals surface area contributed by atoms with E-state index in [1.54, 1.807) is 0 Å². The van der Waals surface area contributed by atoms with Crippen LogP contribution in [0.2, 0.25) is 0 Å². The number of benzene rings is 1. The zero-order valence-corrected chi connectivity index (χ0v) is 12.3. The van der Waals surface area contributed by atoms with Crippen molar-refractivity contribution in [1.82, 2.24) is 4.90 Å². The molecule has 0 aromatic heterocycles. The first-order valence-corrected chi connectivity index (χ1v) is 7.55. The molecule has 1 aliphatic rings. The lowest BCUT2D eigenvalue weighted by Gasteiger charge is -2.38. The first-order chi connectivity index (χ1) is 9.76. The van der Waals surface area contributed by atoms with Gasteiger partial charge in [0, 0.05) is 44.3 Å². The van der Waals surface area contributed by atoms with Gasteiger partial charge in [0.25, 0.3) is 0 Å². The molecule has 20 heavy (non-hydrogen) atoms. The Morgan fingerprint density at radius 1 is 1.30 bits per heavy atom. The molecule has 1 aromatic carbocycles. The fourth-order valence-electron chi connectivity index (χ4n) is 2.90. The van der Waals surface area contributed by atoms with E-state index in [9.17, 15) is 4.79 Å². The van der Waals surface area contributed by atoms with Gasteiger partial charge in [0.2, 0.25) is 5.91 Å². The molecule has 1 aliphatic heterocycles. The molecule has 0 spiro atoms. The number of para-hydroxylation sites is 1. The quantitative estimate of drug-likeness (QED) is 0.892. The van der Waals surface area contributed by atoms with Crippen molar-refractivity contribution in [2.45, 2.75) is 32.2 Å². The van der Waals surface area contributed by atoms with Gasteiger partial charge in [-0.05, 0) is 25.0 Å². The normalized spacial score (nSPS) is 17.1. The van der Waals surface area contributed by atoms with Gasteiger partial charge >= 0.3 is 0 Å². The van der Waals surface area contributed by atoms with Crippen molar-refractivity contribution in [3.63, 3.8) is 0 Å². The van der Waals surface area contributed by atoms with Gasteiger partial charge in [-0.3, -0.25) is 4.79 Å². The van der Waals surface area contributed by atoms with Gasteiger partial charge in [-0.2, -0.15) is 0 Å². The maximum atomic E-state index is 12.3. The minimum absolute atomic E-state index is 0.216. The van der Waals surface area contributed by atoms with E-state index in [4.69, 9.17) is 5.73 Å². The number of nitrogens with zero attached hydrogens (tertiary/aromatic N) is 2. The first kappa shape index (κ1) is 15.0. The molecule has 1 heterocycles. The van der Waals surface area contributed by atoms with Crippen LogP contribution in [0.1, 0.15) is 26.2 Å². The molecule has 4 heteroatoms. The lowest BCUT2D eigenvalue weighted by molar-refractivity contribution is -0.119. The molecule has 110 valence electrons. The summed E-state index contributed by atoms with van der Waals surface area (Å²) in [7, 11) is 0. The Kier molecular flexibility index (Phi) is 5.56. The molecule has 0 bridgehead atoms. The molecular weight excluding hydrogens is 250 g/mol. The van der Waals surface area contributed by atoms with Crippen LogP contribution in [-0.2, 0) is 4.79 Å². The number of carbonyl (C=O) groups is 1. The summed E-state index contributed by atoms with van der Waals surface area (Å²) >= 11 is 0. The highest BCUT2D eigenvalue weighted by Gasteiger charge is 2.27. The second-order valence-corrected chi connectivity index (χ2v) is 5.31. The number of carbonyl (C=O) groups excluding carboxylic acids is 1. The van der Waals surface area contributed by atoms with Gasteiger partial charge < -0.3 is 15.5 Å². The lowest BCUT2D eigenvalue weighted by Crippen LogP contribution is -2.48. The third-order valence-corrected chi connectivity index (χ3v) is 3.97. The van der Waals surface area contributed by atoms with Crippen LogP contribution < -0.4 is 10.6 Å². The van der Waals surface area contributed by atoms with Gasteiger partial charge in [0.1, 0.15) is 0 Å². The van der Waals surface area contributed by atoms with E-state index in [0.29, 0.717) is 19.0 Å². The van der Waals surface area contributed by atoms with E-state index >= 15 is 0 Å². The second-order valence-electron chi connectivity index (χ2n) is 5.31. The predicted octanol–water partition coefficient (Wildman–Crippen LogP) is 1.85. The van der Waals surface area contributed by atoms with E-state index in [0.717, 1.165) is 38.2 Å². The van der Waals surface area contributed by atoms with Crippen LogP contribution in [0.4, 0.5) is 5.69 Å². The summed E-state index contributed by atoms with van der Waals surface area (Å²) in [4.78, 5) is 16.7. The molecule has 0 unspecified atom stereocenters. The molecule has 1 fully saturated rings. The molecule has 0 aliphatic carbocycles. The van der Waals surface area contributed by atoms with E-state index in [2.05, 4.69) is 4.90 Å². The van der Waals surface area contributed by atoms with E-state index in [1.807, 2.05) is 42.2 Å². The van der Waals surface area contributed by atoms with Gasteiger partial charge in [-0.15, -0.1) is 0 Å². The van der Waals surface area contributed by atoms with Crippen molar-refractivity contribution in [2.75, 3.05) is 31.1 Å². The number of nitrogens with two attached hydrogens (primary N) is 1. The summed E-state index contributed by atoms with van der Waals surface area (Å²) in [6.07, 6.45) is 2.61. The number of anilines is 1. The lowest BCUT2D eigenvalue weighted by atomic mass is 10.0. The number of amides is 1. The molecule has 2 N–H and O–H groups in total. The van der Waals surface area contributed by atoms with Crippen molar-refractivity contribution in [3.05, 3.63) is 30.3 Å². The maximum absolute atomic E-state index is 12.3. The van der Waals surface area contributed by atoms with Crippen LogP contribution in [0.3, 0.4) is 0 Å². The van der Waals surface area contributed by atoms with Crippen molar-refractivity contribution in [2.24, 2.45) is 5.73 Å². The Labute approximate surface area is 121 Å². The zero-order chi connectivity index (χ0) is 14.4. The number of hydrogen-bond acceptors (Lipinski definition) is 3. The molecule has 2 rings (SSSR count). The standard InChI is InChI=1S/C16H25N3O/c1-2-16(20)19(14-6-4-3-5-7-14)15-8-11-18(12-9-15)13-10-17/h3-7,15H,2,8-13,17H2,1H3. The molecule has 0 saturated carbocycles. The summed E-state index contributed by atoms with van der Waals surface area (Å²) in [5.74, 6) is 0.216. The third kappa shape index (κ3) is 3.58. The summed E-state index contributed by atoms with van der Waals surface area (Å²) in [6, 6.07) is 10.4. The summed E-state index contributed by atoms with van der Waals surface area (Å²) in [5.41, 5.74) is 6.63. The minimum atomic E-state index is 0.216. The average Bonchev–Trinajstić information content (AvgIpc) is 2.50. The Bertz CT molecular complexity index is 413. The van der Waals surface area contributed by atoms with Crippen LogP contribution >= 0.6 is 0 Å². The second kappa shape index (κ2) is 7.41. The van der Waals surface area contributed by atoms with Gasteiger partial charge in [-0.25, -0.2) is 0 Å². The number of likely N-dealkylation sites (tertiary alicyclic amines) is 1. The predicted molar refractivity (Wildman–Crippen MR) is 82.7 cm³/mol. The Balaban J connectivity index is 2.07. The van der Waals surface area contributed by atoms with Crippen LogP contribution in [0.25, 0.3) is 0 Å². The van der Waals surface area contributed by atoms with Crippen molar-refractivity contribution in [1.29, 1.82) is 0 Å². The van der Waals surface area contributed by atoms with E-state index in [1.165, 1.54) is 0 Å². The first-order valence-electron chi connectivity index (χ1n) is 7.55. The number of piperidine rings is 1. The molecule has 0 atom stereocenters. The minimum Gasteiger partial charge on any atom is -0.329 e. The van der Waals surface area contributed by atoms with E-state index < -0.39 is 0 Å². The van der Waals surface area contributed by atoms with Gasteiger partial charge in [0.15, 0.2) is 0 Å². The van der Waals surface area contributed by atoms with Gasteiger partial charge in [0.05, 0.1) is 0 Å². The topological polar surface area (TPSA) is 49.6 Å². The Hall–Kier alpha value is -1.39. The Morgan fingerprint density at radius 2 is 1.95 bits per heavy atom. The maximum Gasteiger partial charge on any atom is 0.226 e. The molecule has 1 saturated heterocycles. The van der Waals surface area contributed by atoms with Crippen molar-refractivity contribution >= 4 is 11.6 Å². The summed E-state index contributed by atoms with van der Waals surface area (Å²) in [5, 5.41) is 0. The molecular formula is C16H25N3O. The highest BCUT2D eigenvalue weighted by Crippen LogP contribution is 2.24. The molecule has 4 nitrogen and oxygen atoms in total. The molecule has 0 radical (unpaired) electrons. The SMILES string of the molecule is CCC(=O)N(c1ccccc1)C1CCN(CCN)CC1. The van der Waals surface area contributed by atoms with E-state index in [-0.39, 0.29) is 5.91 Å². The molecule has 1 aromatic rings. The fourth-order valence-corrected chi connectivity index (χ4v) is 2.90. The van der Waals surface area contributed by atoms with Gasteiger partial charge in [-0.1, -0.05) is 25.1 Å². The zero-order valence-electron chi connectivity index (χ0n) is 12.3. The highest BCUT2D eigenvalue weighted by atomic mass is 16.2. The fraction of sp³-hybridized carbons (Fsp3) is 0.562. The van der Waals surface area contributed by atoms with Crippen LogP contribution in [-0.4, -0.2) is 43.0 Å². The Morgan fingerprint density at radius 3 is 2.50 bits per heavy atom. The van der Waals surface area contributed by atoms with Crippen molar-refractivity contribution < 1.29 is 4.79 Å². The number of rotatable bonds is 5.